The highest BCUT2D eigenvalue weighted by molar-refractivity contribution is 9.18. The number of allylic oxidation sites excluding steroid dienone is 1. The largest absolute Gasteiger partial charge is 0.316 e. The molecular weight excluding hydrogens is 304 g/mol. The minimum atomic E-state index is 0. The van der Waals surface area contributed by atoms with Crippen molar-refractivity contribution in [1.82, 2.24) is 5.32 Å². The monoisotopic (exact) mass is 317 g/mol. The second-order valence-corrected chi connectivity index (χ2v) is 5.20. The fraction of sp³-hybridized carbons (Fsp3) is 0.455. The highest BCUT2D eigenvalue weighted by atomic mass is 79.9. The number of nitrogens with one attached hydrogen (secondary N) is 1. The number of hydrogen-bond donors (Lipinski definition) is 1. The lowest BCUT2D eigenvalue weighted by Gasteiger charge is -2.25. The molecule has 3 aliphatic heterocycles. The van der Waals surface area contributed by atoms with Crippen molar-refractivity contribution in [2.75, 3.05) is 20.1 Å². The molecule has 17 heavy (non-hydrogen) atoms. The van der Waals surface area contributed by atoms with E-state index >= 15 is 0 Å². The smallest absolute Gasteiger partial charge is 0.281 e. The van der Waals surface area contributed by atoms with E-state index in [2.05, 4.69) is 44.5 Å². The summed E-state index contributed by atoms with van der Waals surface area (Å²) in [6, 6.07) is 0. The molecule has 0 aromatic carbocycles. The molecule has 92 valence electrons. The lowest BCUT2D eigenvalue weighted by atomic mass is 10.0. The summed E-state index contributed by atoms with van der Waals surface area (Å²) in [6.07, 6.45) is 6.99. The summed E-state index contributed by atoms with van der Waals surface area (Å²) in [5, 5.41) is 3.38. The van der Waals surface area contributed by atoms with Crippen molar-refractivity contribution in [1.29, 1.82) is 0 Å². The van der Waals surface area contributed by atoms with E-state index in [0.29, 0.717) is 10.4 Å². The van der Waals surface area contributed by atoms with Gasteiger partial charge in [0, 0.05) is 28.4 Å². The second-order valence-electron chi connectivity index (χ2n) is 4.49. The van der Waals surface area contributed by atoms with Gasteiger partial charge in [0.1, 0.15) is 11.9 Å². The van der Waals surface area contributed by atoms with Gasteiger partial charge in [-0.3, -0.25) is 4.99 Å². The highest BCUT2D eigenvalue weighted by Gasteiger charge is 2.42. The lowest BCUT2D eigenvalue weighted by Crippen LogP contribution is -2.39. The fourth-order valence-electron chi connectivity index (χ4n) is 2.40. The van der Waals surface area contributed by atoms with E-state index in [1.165, 1.54) is 17.8 Å². The summed E-state index contributed by atoms with van der Waals surface area (Å²) in [5.74, 6) is 0.528. The number of halogens is 2. The zero-order chi connectivity index (χ0) is 11.2. The number of rotatable bonds is 1. The SMILES string of the molecule is C[N@@+]12C=CN=CC1=C(C1CCNC1)N=C2Br.Cl. The Morgan fingerprint density at radius 2 is 2.35 bits per heavy atom. The number of quaternary nitrogens is 1. The van der Waals surface area contributed by atoms with E-state index in [-0.39, 0.29) is 12.4 Å². The molecule has 0 saturated carbocycles. The molecule has 0 aliphatic carbocycles. The van der Waals surface area contributed by atoms with E-state index in [9.17, 15) is 0 Å². The zero-order valence-electron chi connectivity index (χ0n) is 9.56. The molecule has 1 saturated heterocycles. The van der Waals surface area contributed by atoms with Gasteiger partial charge in [0.05, 0.1) is 19.5 Å². The number of aliphatic imine (C=N–C) groups is 2. The minimum Gasteiger partial charge on any atom is -0.316 e. The molecule has 3 heterocycles. The van der Waals surface area contributed by atoms with Crippen LogP contribution in [-0.4, -0.2) is 35.6 Å². The molecule has 0 radical (unpaired) electrons. The van der Waals surface area contributed by atoms with Crippen LogP contribution in [0.3, 0.4) is 0 Å². The average Bonchev–Trinajstić information content (AvgIpc) is 2.86. The Bertz CT molecular complexity index is 448. The molecule has 1 N–H and O–H groups in total. The molecule has 0 aromatic heterocycles. The third-order valence-electron chi connectivity index (χ3n) is 3.45. The van der Waals surface area contributed by atoms with Gasteiger partial charge in [-0.25, -0.2) is 4.48 Å². The summed E-state index contributed by atoms with van der Waals surface area (Å²) < 4.78 is 1.57. The zero-order valence-corrected chi connectivity index (χ0v) is 12.0. The van der Waals surface area contributed by atoms with E-state index in [1.54, 1.807) is 0 Å². The molecule has 3 rings (SSSR count). The van der Waals surface area contributed by atoms with Crippen LogP contribution in [0.2, 0.25) is 0 Å². The van der Waals surface area contributed by atoms with Crippen LogP contribution in [0.15, 0.2) is 33.8 Å². The summed E-state index contributed by atoms with van der Waals surface area (Å²) >= 11 is 3.57. The van der Waals surface area contributed by atoms with Crippen LogP contribution >= 0.6 is 28.3 Å². The highest BCUT2D eigenvalue weighted by Crippen LogP contribution is 2.36. The molecule has 2 atom stereocenters. The number of hydrogen-bond acceptors (Lipinski definition) is 3. The van der Waals surface area contributed by atoms with Crippen molar-refractivity contribution in [2.45, 2.75) is 6.42 Å². The van der Waals surface area contributed by atoms with Crippen LogP contribution in [0, 0.1) is 5.92 Å². The standard InChI is InChI=1S/C11H14BrN4.ClH/c1-16-5-4-14-7-9(16)10(15-11(16)12)8-2-3-13-6-8;/h4-5,7-8,13H,2-3,6H2,1H3;1H/q+1;/t8?,16-;/m1./s1. The predicted octanol–water partition coefficient (Wildman–Crippen LogP) is 2.00. The van der Waals surface area contributed by atoms with Crippen molar-refractivity contribution in [3.8, 4) is 0 Å². The van der Waals surface area contributed by atoms with Crippen molar-refractivity contribution in [3.63, 3.8) is 0 Å². The molecule has 1 fully saturated rings. The van der Waals surface area contributed by atoms with Gasteiger partial charge in [0.15, 0.2) is 5.70 Å². The van der Waals surface area contributed by atoms with Crippen LogP contribution in [0.4, 0.5) is 0 Å². The number of fused-ring (bicyclic) bond motifs is 1. The molecule has 6 heteroatoms. The van der Waals surface area contributed by atoms with Gasteiger partial charge in [-0.05, 0) is 13.0 Å². The number of nitrogens with zero attached hydrogens (tertiary/aromatic N) is 3. The summed E-state index contributed by atoms with van der Waals surface area (Å²) in [5.41, 5.74) is 2.38. The van der Waals surface area contributed by atoms with E-state index in [1.807, 2.05) is 12.4 Å². The first-order valence-electron chi connectivity index (χ1n) is 5.49. The van der Waals surface area contributed by atoms with Crippen molar-refractivity contribution in [3.05, 3.63) is 23.8 Å². The fourth-order valence-corrected chi connectivity index (χ4v) is 2.90. The van der Waals surface area contributed by atoms with Gasteiger partial charge in [0.25, 0.3) is 4.74 Å². The molecule has 3 aliphatic rings. The van der Waals surface area contributed by atoms with Gasteiger partial charge in [0.2, 0.25) is 0 Å². The van der Waals surface area contributed by atoms with Gasteiger partial charge in [-0.15, -0.1) is 12.4 Å². The Hall–Kier alpha value is -0.490. The third-order valence-corrected chi connectivity index (χ3v) is 4.37. The Kier molecular flexibility index (Phi) is 3.54. The van der Waals surface area contributed by atoms with Crippen LogP contribution in [0.25, 0.3) is 0 Å². The molecular formula is C11H15BrClN4+. The molecule has 0 spiro atoms. The van der Waals surface area contributed by atoms with Crippen LogP contribution in [0.5, 0.6) is 0 Å². The predicted molar refractivity (Wildman–Crippen MR) is 75.4 cm³/mol. The Labute approximate surface area is 115 Å². The first kappa shape index (κ1) is 13.0. The van der Waals surface area contributed by atoms with Crippen LogP contribution in [-0.2, 0) is 0 Å². The molecule has 4 nitrogen and oxygen atoms in total. The Balaban J connectivity index is 0.00000108. The van der Waals surface area contributed by atoms with Crippen molar-refractivity contribution < 1.29 is 4.48 Å². The minimum absolute atomic E-state index is 0. The molecule has 0 aromatic rings. The van der Waals surface area contributed by atoms with Crippen molar-refractivity contribution in [2.24, 2.45) is 15.9 Å². The Morgan fingerprint density at radius 3 is 3.06 bits per heavy atom. The first-order chi connectivity index (χ1) is 7.72. The quantitative estimate of drug-likeness (QED) is 0.583. The summed E-state index contributed by atoms with van der Waals surface area (Å²) in [7, 11) is 2.12. The van der Waals surface area contributed by atoms with Gasteiger partial charge in [-0.1, -0.05) is 0 Å². The number of amidine groups is 1. The van der Waals surface area contributed by atoms with Crippen LogP contribution < -0.4 is 5.32 Å². The van der Waals surface area contributed by atoms with Gasteiger partial charge < -0.3 is 5.32 Å². The normalized spacial score (nSPS) is 34.7. The van der Waals surface area contributed by atoms with Gasteiger partial charge in [-0.2, -0.15) is 4.99 Å². The first-order valence-corrected chi connectivity index (χ1v) is 6.28. The van der Waals surface area contributed by atoms with Crippen LogP contribution in [0.1, 0.15) is 6.42 Å². The topological polar surface area (TPSA) is 36.8 Å². The van der Waals surface area contributed by atoms with E-state index < -0.39 is 0 Å². The lowest BCUT2D eigenvalue weighted by molar-refractivity contribution is -0.709. The second kappa shape index (κ2) is 4.65. The maximum Gasteiger partial charge on any atom is 0.281 e. The maximum absolute atomic E-state index is 4.69. The third kappa shape index (κ3) is 1.91. The average molecular weight is 319 g/mol. The Morgan fingerprint density at radius 1 is 1.53 bits per heavy atom. The summed E-state index contributed by atoms with van der Waals surface area (Å²) in [6.45, 7) is 2.12. The van der Waals surface area contributed by atoms with E-state index in [4.69, 9.17) is 0 Å². The van der Waals surface area contributed by atoms with Gasteiger partial charge >= 0.3 is 0 Å². The van der Waals surface area contributed by atoms with E-state index in [0.717, 1.165) is 17.8 Å². The molecule has 0 bridgehead atoms. The molecule has 0 amide bonds. The summed E-state index contributed by atoms with van der Waals surface area (Å²) in [4.78, 5) is 8.92. The maximum atomic E-state index is 4.69. The molecule has 1 unspecified atom stereocenters. The van der Waals surface area contributed by atoms with Crippen molar-refractivity contribution >= 4 is 39.3 Å².